The largest absolute Gasteiger partial charge is 0.507 e. The van der Waals surface area contributed by atoms with Crippen molar-refractivity contribution < 1.29 is 18.7 Å². The van der Waals surface area contributed by atoms with E-state index in [0.29, 0.717) is 19.0 Å². The Kier molecular flexibility index (Phi) is 35.0. The van der Waals surface area contributed by atoms with Gasteiger partial charge in [-0.05, 0) is 55.2 Å². The first-order valence-corrected chi connectivity index (χ1v) is 27.5. The highest BCUT2D eigenvalue weighted by Crippen LogP contribution is 2.53. The van der Waals surface area contributed by atoms with E-state index < -0.39 is 7.60 Å². The minimum absolute atomic E-state index is 0.167. The summed E-state index contributed by atoms with van der Waals surface area (Å²) in [6, 6.07) is 2.12. The lowest BCUT2D eigenvalue weighted by atomic mass is 9.77. The highest BCUT2D eigenvalue weighted by Gasteiger charge is 2.31. The number of benzene rings is 1. The van der Waals surface area contributed by atoms with Crippen LogP contribution < -0.4 is 0 Å². The molecule has 0 aromatic heterocycles. The zero-order valence-corrected chi connectivity index (χ0v) is 41.2. The minimum atomic E-state index is -3.36. The van der Waals surface area contributed by atoms with Crippen molar-refractivity contribution in [2.24, 2.45) is 0 Å². The average Bonchev–Trinajstić information content (AvgIpc) is 3.20. The Bertz CT molecular complexity index is 1090. The van der Waals surface area contributed by atoms with E-state index in [1.54, 1.807) is 0 Å². The van der Waals surface area contributed by atoms with E-state index in [-0.39, 0.29) is 11.6 Å². The van der Waals surface area contributed by atoms with Crippen molar-refractivity contribution in [3.05, 3.63) is 28.3 Å². The average molecular weight is 833 g/mol. The van der Waals surface area contributed by atoms with Crippen molar-refractivity contribution in [2.45, 2.75) is 291 Å². The summed E-state index contributed by atoms with van der Waals surface area (Å²) in [4.78, 5) is 0. The molecule has 342 valence electrons. The SMILES string of the molecule is CCCCCCCCCCCCCCCCCCOP(=O)(Cc1cc(C(C)(C)CCCCC)c(O)c(C)c1C)OCCCCCCCCCCCCCCCCCC. The van der Waals surface area contributed by atoms with Crippen LogP contribution in [0.4, 0.5) is 0 Å². The van der Waals surface area contributed by atoms with E-state index in [1.165, 1.54) is 193 Å². The minimum Gasteiger partial charge on any atom is -0.507 e. The predicted octanol–water partition coefficient (Wildman–Crippen LogP) is 19.1. The molecule has 58 heavy (non-hydrogen) atoms. The van der Waals surface area contributed by atoms with Crippen molar-refractivity contribution in [1.29, 1.82) is 0 Å². The predicted molar refractivity (Wildman–Crippen MR) is 257 cm³/mol. The molecule has 1 N–H and O–H groups in total. The molecule has 0 aliphatic rings. The van der Waals surface area contributed by atoms with Gasteiger partial charge in [0.1, 0.15) is 5.75 Å². The Morgan fingerprint density at radius 3 is 1.09 bits per heavy atom. The third-order valence-electron chi connectivity index (χ3n) is 13.0. The van der Waals surface area contributed by atoms with Crippen LogP contribution in [0.2, 0.25) is 0 Å². The van der Waals surface area contributed by atoms with Gasteiger partial charge in [-0.25, -0.2) is 0 Å². The highest BCUT2D eigenvalue weighted by molar-refractivity contribution is 7.53. The molecule has 0 fully saturated rings. The van der Waals surface area contributed by atoms with Crippen molar-refractivity contribution in [2.75, 3.05) is 13.2 Å². The Labute approximate surface area is 363 Å². The van der Waals surface area contributed by atoms with Crippen LogP contribution in [0.5, 0.6) is 5.75 Å². The molecule has 0 unspecified atom stereocenters. The molecule has 0 heterocycles. The molecule has 4 nitrogen and oxygen atoms in total. The van der Waals surface area contributed by atoms with E-state index in [2.05, 4.69) is 40.7 Å². The second-order valence-electron chi connectivity index (χ2n) is 19.1. The number of phenolic OH excluding ortho intramolecular Hbond substituents is 1. The molecule has 1 aromatic carbocycles. The zero-order chi connectivity index (χ0) is 42.6. The highest BCUT2D eigenvalue weighted by atomic mass is 31.2. The van der Waals surface area contributed by atoms with Crippen LogP contribution in [0.15, 0.2) is 6.07 Å². The second kappa shape index (κ2) is 36.8. The van der Waals surface area contributed by atoms with Gasteiger partial charge in [0.15, 0.2) is 0 Å². The van der Waals surface area contributed by atoms with Gasteiger partial charge in [-0.3, -0.25) is 4.57 Å². The summed E-state index contributed by atoms with van der Waals surface area (Å²) in [6.07, 6.45) is 47.4. The second-order valence-corrected chi connectivity index (χ2v) is 21.1. The van der Waals surface area contributed by atoms with Crippen LogP contribution in [-0.2, 0) is 25.2 Å². The van der Waals surface area contributed by atoms with E-state index >= 15 is 0 Å². The molecule has 1 aromatic rings. The molecule has 0 amide bonds. The first kappa shape index (κ1) is 55.2. The molecule has 5 heteroatoms. The van der Waals surface area contributed by atoms with Crippen LogP contribution in [0.1, 0.15) is 288 Å². The maximum Gasteiger partial charge on any atom is 0.335 e. The summed E-state index contributed by atoms with van der Waals surface area (Å²) in [6.45, 7) is 16.3. The molecule has 0 saturated heterocycles. The zero-order valence-electron chi connectivity index (χ0n) is 40.3. The maximum atomic E-state index is 14.5. The Hall–Kier alpha value is -0.830. The lowest BCUT2D eigenvalue weighted by Gasteiger charge is -2.29. The summed E-state index contributed by atoms with van der Waals surface area (Å²) >= 11 is 0. The third kappa shape index (κ3) is 27.9. The summed E-state index contributed by atoms with van der Waals surface area (Å²) in [5.41, 5.74) is 3.68. The van der Waals surface area contributed by atoms with Gasteiger partial charge in [0.2, 0.25) is 0 Å². The van der Waals surface area contributed by atoms with Crippen LogP contribution in [0.3, 0.4) is 0 Å². The fourth-order valence-electron chi connectivity index (χ4n) is 8.65. The standard InChI is InChI=1S/C53H101O4P/c1-8-11-14-16-18-20-22-24-26-28-30-32-34-36-38-41-44-56-58(55,47-50-46-51(52(54)49(5)48(50)4)53(6,7)43-40-13-10-3)57-45-42-39-37-35-33-31-29-27-25-23-21-19-17-15-12-9-2/h46,54H,8-45,47H2,1-7H3. The molecule has 0 spiro atoms. The summed E-state index contributed by atoms with van der Waals surface area (Å²) < 4.78 is 27.1. The van der Waals surface area contributed by atoms with Crippen LogP contribution >= 0.6 is 7.60 Å². The van der Waals surface area contributed by atoms with Gasteiger partial charge in [0, 0.05) is 5.56 Å². The van der Waals surface area contributed by atoms with Gasteiger partial charge in [-0.1, -0.05) is 253 Å². The molecular weight excluding hydrogens is 732 g/mol. The topological polar surface area (TPSA) is 55.8 Å². The van der Waals surface area contributed by atoms with Crippen LogP contribution in [0.25, 0.3) is 0 Å². The smallest absolute Gasteiger partial charge is 0.335 e. The van der Waals surface area contributed by atoms with E-state index in [0.717, 1.165) is 60.8 Å². The third-order valence-corrected chi connectivity index (χ3v) is 14.9. The first-order valence-electron chi connectivity index (χ1n) is 25.8. The monoisotopic (exact) mass is 833 g/mol. The van der Waals surface area contributed by atoms with Gasteiger partial charge in [-0.2, -0.15) is 0 Å². The Morgan fingerprint density at radius 2 is 0.759 bits per heavy atom. The van der Waals surface area contributed by atoms with E-state index in [1.807, 2.05) is 13.8 Å². The van der Waals surface area contributed by atoms with Gasteiger partial charge >= 0.3 is 7.60 Å². The lowest BCUT2D eigenvalue weighted by Crippen LogP contribution is -2.18. The van der Waals surface area contributed by atoms with E-state index in [9.17, 15) is 9.67 Å². The lowest BCUT2D eigenvalue weighted by molar-refractivity contribution is 0.196. The molecule has 1 rings (SSSR count). The van der Waals surface area contributed by atoms with Gasteiger partial charge < -0.3 is 14.2 Å². The van der Waals surface area contributed by atoms with Crippen LogP contribution in [-0.4, -0.2) is 18.3 Å². The number of phenols is 1. The van der Waals surface area contributed by atoms with Crippen LogP contribution in [0, 0.1) is 13.8 Å². The van der Waals surface area contributed by atoms with Crippen molar-refractivity contribution >= 4 is 7.60 Å². The number of aromatic hydroxyl groups is 1. The number of hydrogen-bond donors (Lipinski definition) is 1. The molecule has 0 aliphatic heterocycles. The Morgan fingerprint density at radius 1 is 0.466 bits per heavy atom. The first-order chi connectivity index (χ1) is 28.1. The fraction of sp³-hybridized carbons (Fsp3) is 0.887. The van der Waals surface area contributed by atoms with Gasteiger partial charge in [-0.15, -0.1) is 0 Å². The molecule has 0 radical (unpaired) electrons. The van der Waals surface area contributed by atoms with Gasteiger partial charge in [0.25, 0.3) is 0 Å². The van der Waals surface area contributed by atoms with Crippen molar-refractivity contribution in [3.8, 4) is 5.75 Å². The van der Waals surface area contributed by atoms with E-state index in [4.69, 9.17) is 9.05 Å². The maximum absolute atomic E-state index is 14.5. The summed E-state index contributed by atoms with van der Waals surface area (Å²) in [5.74, 6) is 0.390. The van der Waals surface area contributed by atoms with Gasteiger partial charge in [0.05, 0.1) is 19.4 Å². The normalized spacial score (nSPS) is 12.3. The molecular formula is C53H101O4P. The van der Waals surface area contributed by atoms with Crippen molar-refractivity contribution in [1.82, 2.24) is 0 Å². The fourth-order valence-corrected chi connectivity index (χ4v) is 10.5. The number of rotatable bonds is 43. The summed E-state index contributed by atoms with van der Waals surface area (Å²) in [7, 11) is -3.36. The Balaban J connectivity index is 2.55. The van der Waals surface area contributed by atoms with Crippen molar-refractivity contribution in [3.63, 3.8) is 0 Å². The molecule has 0 saturated carbocycles. The quantitative estimate of drug-likeness (QED) is 0.0526. The molecule has 0 atom stereocenters. The molecule has 0 bridgehead atoms. The molecule has 0 aliphatic carbocycles. The summed E-state index contributed by atoms with van der Waals surface area (Å²) in [5, 5.41) is 11.3. The number of unbranched alkanes of at least 4 members (excludes halogenated alkanes) is 32. The number of hydrogen-bond acceptors (Lipinski definition) is 4.